The summed E-state index contributed by atoms with van der Waals surface area (Å²) in [5.74, 6) is 1.83. The molecule has 2 aliphatic rings. The van der Waals surface area contributed by atoms with E-state index in [-0.39, 0.29) is 11.9 Å². The molecule has 132 valence electrons. The molecule has 24 heavy (non-hydrogen) atoms. The monoisotopic (exact) mass is 330 g/mol. The van der Waals surface area contributed by atoms with Gasteiger partial charge < -0.3 is 10.2 Å². The van der Waals surface area contributed by atoms with Crippen LogP contribution in [0.15, 0.2) is 24.4 Å². The molecule has 5 nitrogen and oxygen atoms in total. The summed E-state index contributed by atoms with van der Waals surface area (Å²) in [6.07, 6.45) is 6.75. The highest BCUT2D eigenvalue weighted by Gasteiger charge is 2.29. The molecular weight excluding hydrogens is 300 g/mol. The van der Waals surface area contributed by atoms with Crippen LogP contribution in [-0.2, 0) is 4.79 Å². The minimum Gasteiger partial charge on any atom is -0.354 e. The van der Waals surface area contributed by atoms with E-state index in [1.807, 2.05) is 25.3 Å². The van der Waals surface area contributed by atoms with Crippen molar-refractivity contribution in [3.05, 3.63) is 24.4 Å². The Kier molecular flexibility index (Phi) is 5.72. The van der Waals surface area contributed by atoms with Gasteiger partial charge in [-0.15, -0.1) is 0 Å². The van der Waals surface area contributed by atoms with Crippen molar-refractivity contribution in [1.82, 2.24) is 15.2 Å². The lowest BCUT2D eigenvalue weighted by Crippen LogP contribution is -2.56. The number of rotatable bonds is 4. The van der Waals surface area contributed by atoms with E-state index in [2.05, 4.69) is 33.1 Å². The average Bonchev–Trinajstić information content (AvgIpc) is 2.64. The highest BCUT2D eigenvalue weighted by Crippen LogP contribution is 2.24. The van der Waals surface area contributed by atoms with Crippen LogP contribution in [0.25, 0.3) is 0 Å². The summed E-state index contributed by atoms with van der Waals surface area (Å²) in [6, 6.07) is 6.33. The summed E-state index contributed by atoms with van der Waals surface area (Å²) in [7, 11) is 0. The number of hydrogen-bond donors (Lipinski definition) is 1. The Labute approximate surface area is 145 Å². The molecule has 3 atom stereocenters. The van der Waals surface area contributed by atoms with Crippen molar-refractivity contribution in [1.29, 1.82) is 0 Å². The molecule has 1 saturated carbocycles. The van der Waals surface area contributed by atoms with Crippen LogP contribution < -0.4 is 10.2 Å². The summed E-state index contributed by atoms with van der Waals surface area (Å²) in [6.45, 7) is 7.97. The summed E-state index contributed by atoms with van der Waals surface area (Å²) < 4.78 is 0. The summed E-state index contributed by atoms with van der Waals surface area (Å²) in [5.41, 5.74) is 0. The Bertz CT molecular complexity index is 527. The van der Waals surface area contributed by atoms with E-state index < -0.39 is 0 Å². The third-order valence-corrected chi connectivity index (χ3v) is 5.65. The summed E-state index contributed by atoms with van der Waals surface area (Å²) >= 11 is 0. The molecular formula is C19H30N4O. The van der Waals surface area contributed by atoms with Crippen molar-refractivity contribution in [3.63, 3.8) is 0 Å². The average molecular weight is 330 g/mol. The number of nitrogens with one attached hydrogen (secondary N) is 1. The van der Waals surface area contributed by atoms with Gasteiger partial charge in [0.05, 0.1) is 6.04 Å². The largest absolute Gasteiger partial charge is 0.354 e. The number of hydrogen-bond acceptors (Lipinski definition) is 4. The van der Waals surface area contributed by atoms with Gasteiger partial charge in [-0.1, -0.05) is 25.8 Å². The number of amides is 1. The zero-order chi connectivity index (χ0) is 16.9. The SMILES string of the molecule is CC1CCCCC1NC(=O)C(C)N1CCN(c2ccccn2)CC1. The maximum atomic E-state index is 12.6. The zero-order valence-electron chi connectivity index (χ0n) is 14.9. The molecule has 1 aromatic heterocycles. The fourth-order valence-corrected chi connectivity index (χ4v) is 3.88. The van der Waals surface area contributed by atoms with Gasteiger partial charge in [-0.25, -0.2) is 4.98 Å². The van der Waals surface area contributed by atoms with Crippen molar-refractivity contribution in [3.8, 4) is 0 Å². The predicted octanol–water partition coefficient (Wildman–Crippen LogP) is 2.29. The number of carbonyl (C=O) groups excluding carboxylic acids is 1. The number of anilines is 1. The fraction of sp³-hybridized carbons (Fsp3) is 0.684. The molecule has 1 aliphatic carbocycles. The van der Waals surface area contributed by atoms with Gasteiger partial charge in [0.2, 0.25) is 5.91 Å². The number of carbonyl (C=O) groups is 1. The van der Waals surface area contributed by atoms with Crippen molar-refractivity contribution in [2.24, 2.45) is 5.92 Å². The predicted molar refractivity (Wildman–Crippen MR) is 97.0 cm³/mol. The molecule has 1 N–H and O–H groups in total. The van der Waals surface area contributed by atoms with Gasteiger partial charge in [0.25, 0.3) is 0 Å². The molecule has 1 aliphatic heterocycles. The summed E-state index contributed by atoms with van der Waals surface area (Å²) in [4.78, 5) is 21.6. The third-order valence-electron chi connectivity index (χ3n) is 5.65. The second-order valence-electron chi connectivity index (χ2n) is 7.26. The second-order valence-corrected chi connectivity index (χ2v) is 7.26. The number of nitrogens with zero attached hydrogens (tertiary/aromatic N) is 3. The van der Waals surface area contributed by atoms with Crippen LogP contribution >= 0.6 is 0 Å². The van der Waals surface area contributed by atoms with Crippen molar-refractivity contribution >= 4 is 11.7 Å². The molecule has 1 aromatic rings. The Morgan fingerprint density at radius 3 is 2.62 bits per heavy atom. The quantitative estimate of drug-likeness (QED) is 0.920. The van der Waals surface area contributed by atoms with E-state index >= 15 is 0 Å². The standard InChI is InChI=1S/C19H30N4O/c1-15-7-3-4-8-17(15)21-19(24)16(2)22-11-13-23(14-12-22)18-9-5-6-10-20-18/h5-6,9-10,15-17H,3-4,7-8,11-14H2,1-2H3,(H,21,24). The maximum absolute atomic E-state index is 12.6. The molecule has 3 rings (SSSR count). The van der Waals surface area contributed by atoms with Gasteiger partial charge in [-0.3, -0.25) is 9.69 Å². The number of piperazine rings is 1. The third kappa shape index (κ3) is 4.07. The van der Waals surface area contributed by atoms with E-state index in [4.69, 9.17) is 0 Å². The topological polar surface area (TPSA) is 48.5 Å². The maximum Gasteiger partial charge on any atom is 0.237 e. The van der Waals surface area contributed by atoms with Crippen LogP contribution in [0.1, 0.15) is 39.5 Å². The highest BCUT2D eigenvalue weighted by atomic mass is 16.2. The van der Waals surface area contributed by atoms with Gasteiger partial charge >= 0.3 is 0 Å². The van der Waals surface area contributed by atoms with E-state index in [0.29, 0.717) is 12.0 Å². The molecule has 1 amide bonds. The van der Waals surface area contributed by atoms with Crippen LogP contribution in [0.4, 0.5) is 5.82 Å². The van der Waals surface area contributed by atoms with E-state index in [1.54, 1.807) is 0 Å². The van der Waals surface area contributed by atoms with Gasteiger partial charge in [0.1, 0.15) is 5.82 Å². The lowest BCUT2D eigenvalue weighted by Gasteiger charge is -2.39. The van der Waals surface area contributed by atoms with E-state index in [9.17, 15) is 4.79 Å². The van der Waals surface area contributed by atoms with Crippen LogP contribution in [0.2, 0.25) is 0 Å². The van der Waals surface area contributed by atoms with Crippen LogP contribution in [0.3, 0.4) is 0 Å². The lowest BCUT2D eigenvalue weighted by molar-refractivity contribution is -0.127. The Morgan fingerprint density at radius 2 is 1.96 bits per heavy atom. The van der Waals surface area contributed by atoms with Gasteiger partial charge in [-0.2, -0.15) is 0 Å². The molecule has 2 fully saturated rings. The molecule has 0 bridgehead atoms. The highest BCUT2D eigenvalue weighted by molar-refractivity contribution is 5.81. The van der Waals surface area contributed by atoms with Gasteiger partial charge in [0, 0.05) is 38.4 Å². The zero-order valence-corrected chi connectivity index (χ0v) is 14.9. The summed E-state index contributed by atoms with van der Waals surface area (Å²) in [5, 5.41) is 3.30. The Balaban J connectivity index is 1.49. The number of pyridine rings is 1. The second kappa shape index (κ2) is 7.97. The first-order chi connectivity index (χ1) is 11.6. The Hall–Kier alpha value is -1.62. The van der Waals surface area contributed by atoms with Crippen molar-refractivity contribution < 1.29 is 4.79 Å². The Morgan fingerprint density at radius 1 is 1.21 bits per heavy atom. The first-order valence-corrected chi connectivity index (χ1v) is 9.35. The minimum absolute atomic E-state index is 0.0509. The first-order valence-electron chi connectivity index (χ1n) is 9.35. The van der Waals surface area contributed by atoms with Crippen LogP contribution in [0, 0.1) is 5.92 Å². The van der Waals surface area contributed by atoms with Crippen LogP contribution in [0.5, 0.6) is 0 Å². The number of aromatic nitrogens is 1. The molecule has 1 saturated heterocycles. The van der Waals surface area contributed by atoms with Gasteiger partial charge in [0.15, 0.2) is 0 Å². The molecule has 0 radical (unpaired) electrons. The molecule has 0 spiro atoms. The molecule has 3 unspecified atom stereocenters. The van der Waals surface area contributed by atoms with Crippen molar-refractivity contribution in [2.45, 2.75) is 51.6 Å². The minimum atomic E-state index is -0.0509. The fourth-order valence-electron chi connectivity index (χ4n) is 3.88. The van der Waals surface area contributed by atoms with Crippen LogP contribution in [-0.4, -0.2) is 54.1 Å². The van der Waals surface area contributed by atoms with E-state index in [0.717, 1.165) is 38.4 Å². The van der Waals surface area contributed by atoms with Gasteiger partial charge in [-0.05, 0) is 37.8 Å². The molecule has 0 aromatic carbocycles. The molecule has 2 heterocycles. The smallest absolute Gasteiger partial charge is 0.237 e. The van der Waals surface area contributed by atoms with E-state index in [1.165, 1.54) is 19.3 Å². The normalized spacial score (nSPS) is 26.8. The van der Waals surface area contributed by atoms with Crippen molar-refractivity contribution in [2.75, 3.05) is 31.1 Å². The lowest BCUT2D eigenvalue weighted by atomic mass is 9.86. The first kappa shape index (κ1) is 17.2. The molecule has 5 heteroatoms.